The molecular formula is C22H37BrN2O5. The van der Waals surface area contributed by atoms with Gasteiger partial charge in [0, 0.05) is 17.6 Å². The molecule has 0 aliphatic carbocycles. The Kier molecular flexibility index (Phi) is 14.2. The lowest BCUT2D eigenvalue weighted by molar-refractivity contribution is 0.0951. The lowest BCUT2D eigenvalue weighted by Gasteiger charge is -2.22. The van der Waals surface area contributed by atoms with E-state index in [0.29, 0.717) is 16.9 Å². The molecule has 0 aromatic heterocycles. The number of unbranched alkanes of at least 4 members (excludes halogenated alkanes) is 1. The van der Waals surface area contributed by atoms with Crippen molar-refractivity contribution in [3.63, 3.8) is 0 Å². The van der Waals surface area contributed by atoms with Gasteiger partial charge >= 0.3 is 6.16 Å². The fourth-order valence-electron chi connectivity index (χ4n) is 2.58. The monoisotopic (exact) mass is 488 g/mol. The molecule has 0 saturated heterocycles. The van der Waals surface area contributed by atoms with Gasteiger partial charge in [-0.25, -0.2) is 4.79 Å². The second kappa shape index (κ2) is 15.1. The number of carboxylic acid groups (broad SMARTS) is 2. The van der Waals surface area contributed by atoms with E-state index in [2.05, 4.69) is 61.2 Å². The summed E-state index contributed by atoms with van der Waals surface area (Å²) >= 11 is 3.67. The molecule has 172 valence electrons. The Morgan fingerprint density at radius 2 is 1.70 bits per heavy atom. The summed E-state index contributed by atoms with van der Waals surface area (Å²) in [7, 11) is 0. The molecule has 0 radical (unpaired) electrons. The molecule has 0 aliphatic rings. The molecule has 8 heteroatoms. The van der Waals surface area contributed by atoms with Crippen molar-refractivity contribution in [3.05, 3.63) is 29.8 Å². The number of ether oxygens (including phenoxy) is 1. The van der Waals surface area contributed by atoms with Gasteiger partial charge < -0.3 is 25.6 Å². The summed E-state index contributed by atoms with van der Waals surface area (Å²) in [5.74, 6) is 0.704. The number of hydrogen-bond donors (Lipinski definition) is 4. The number of benzene rings is 1. The van der Waals surface area contributed by atoms with Crippen molar-refractivity contribution >= 4 is 28.0 Å². The highest BCUT2D eigenvalue weighted by Crippen LogP contribution is 2.21. The second-order valence-corrected chi connectivity index (χ2v) is 9.12. The van der Waals surface area contributed by atoms with Crippen molar-refractivity contribution in [2.75, 3.05) is 13.1 Å². The third-order valence-electron chi connectivity index (χ3n) is 4.12. The first kappa shape index (κ1) is 28.2. The summed E-state index contributed by atoms with van der Waals surface area (Å²) in [5.41, 5.74) is 0.791. The van der Waals surface area contributed by atoms with E-state index in [1.54, 1.807) is 0 Å². The average molecular weight is 489 g/mol. The molecule has 0 heterocycles. The van der Waals surface area contributed by atoms with Gasteiger partial charge in [0.15, 0.2) is 0 Å². The van der Waals surface area contributed by atoms with E-state index in [1.165, 1.54) is 0 Å². The van der Waals surface area contributed by atoms with Crippen LogP contribution in [0.25, 0.3) is 0 Å². The van der Waals surface area contributed by atoms with Gasteiger partial charge in [-0.3, -0.25) is 4.79 Å². The van der Waals surface area contributed by atoms with Crippen LogP contribution in [0.2, 0.25) is 0 Å². The SMILES string of the molecule is CCC(Br)C(CC)Oc1cccc(C(=O)NCCCCNC(C)(C)C)c1.O=C(O)O. The van der Waals surface area contributed by atoms with E-state index < -0.39 is 6.16 Å². The van der Waals surface area contributed by atoms with Gasteiger partial charge in [-0.15, -0.1) is 0 Å². The number of amides is 1. The fourth-order valence-corrected chi connectivity index (χ4v) is 3.06. The van der Waals surface area contributed by atoms with Crippen LogP contribution in [0.1, 0.15) is 70.7 Å². The molecule has 0 fully saturated rings. The number of rotatable bonds is 11. The van der Waals surface area contributed by atoms with Gasteiger partial charge in [-0.05, 0) is 71.2 Å². The molecule has 0 spiro atoms. The Morgan fingerprint density at radius 1 is 1.10 bits per heavy atom. The summed E-state index contributed by atoms with van der Waals surface area (Å²) in [6, 6.07) is 7.44. The molecular weight excluding hydrogens is 452 g/mol. The molecule has 0 aliphatic heterocycles. The largest absolute Gasteiger partial charge is 0.503 e. The van der Waals surface area contributed by atoms with Crippen molar-refractivity contribution < 1.29 is 24.5 Å². The zero-order chi connectivity index (χ0) is 23.2. The molecule has 30 heavy (non-hydrogen) atoms. The van der Waals surface area contributed by atoms with Gasteiger partial charge in [0.05, 0.1) is 4.83 Å². The van der Waals surface area contributed by atoms with E-state index in [9.17, 15) is 4.79 Å². The highest BCUT2D eigenvalue weighted by Gasteiger charge is 2.17. The standard InChI is InChI=1S/C21H35BrN2O2.CH2O3/c1-6-18(22)19(7-2)26-17-12-10-11-16(15-17)20(25)23-13-8-9-14-24-21(3,4)5;2-1(3)4/h10-12,15,18-19,24H,6-9,13-14H2,1-5H3,(H,23,25);(H2,2,3,4). The minimum absolute atomic E-state index is 0.0434. The number of alkyl halides is 1. The summed E-state index contributed by atoms with van der Waals surface area (Å²) in [6.07, 6.45) is 2.20. The number of nitrogens with one attached hydrogen (secondary N) is 2. The summed E-state index contributed by atoms with van der Waals surface area (Å²) < 4.78 is 6.06. The zero-order valence-electron chi connectivity index (χ0n) is 18.7. The predicted octanol–water partition coefficient (Wildman–Crippen LogP) is 5.14. The van der Waals surface area contributed by atoms with Crippen LogP contribution in [0.5, 0.6) is 5.75 Å². The van der Waals surface area contributed by atoms with Gasteiger partial charge in [0.1, 0.15) is 11.9 Å². The summed E-state index contributed by atoms with van der Waals surface area (Å²) in [5, 5.41) is 20.4. The van der Waals surface area contributed by atoms with Crippen LogP contribution in [0.4, 0.5) is 4.79 Å². The quantitative estimate of drug-likeness (QED) is 0.253. The van der Waals surface area contributed by atoms with Gasteiger partial charge in [-0.1, -0.05) is 35.8 Å². The van der Waals surface area contributed by atoms with Crippen LogP contribution in [-0.4, -0.2) is 51.8 Å². The molecule has 0 saturated carbocycles. The second-order valence-electron chi connectivity index (χ2n) is 7.94. The number of carbonyl (C=O) groups is 2. The van der Waals surface area contributed by atoms with Crippen molar-refractivity contribution in [1.82, 2.24) is 10.6 Å². The van der Waals surface area contributed by atoms with Crippen LogP contribution < -0.4 is 15.4 Å². The topological polar surface area (TPSA) is 108 Å². The van der Waals surface area contributed by atoms with Crippen LogP contribution in [-0.2, 0) is 0 Å². The number of halogens is 1. The van der Waals surface area contributed by atoms with Crippen molar-refractivity contribution in [1.29, 1.82) is 0 Å². The average Bonchev–Trinajstić information content (AvgIpc) is 2.67. The van der Waals surface area contributed by atoms with Crippen molar-refractivity contribution in [2.45, 2.75) is 76.8 Å². The number of carbonyl (C=O) groups excluding carboxylic acids is 1. The molecule has 2 atom stereocenters. The summed E-state index contributed by atoms with van der Waals surface area (Å²) in [6.45, 7) is 12.4. The first-order chi connectivity index (χ1) is 14.0. The first-order valence-electron chi connectivity index (χ1n) is 10.4. The highest BCUT2D eigenvalue weighted by atomic mass is 79.9. The number of hydrogen-bond acceptors (Lipinski definition) is 4. The Bertz CT molecular complexity index is 630. The third kappa shape index (κ3) is 14.2. The minimum atomic E-state index is -1.83. The van der Waals surface area contributed by atoms with E-state index in [4.69, 9.17) is 19.7 Å². The zero-order valence-corrected chi connectivity index (χ0v) is 20.3. The third-order valence-corrected chi connectivity index (χ3v) is 5.36. The molecule has 2 unspecified atom stereocenters. The van der Waals surface area contributed by atoms with Gasteiger partial charge in [0.25, 0.3) is 5.91 Å². The molecule has 1 amide bonds. The first-order valence-corrected chi connectivity index (χ1v) is 11.3. The molecule has 0 bridgehead atoms. The Balaban J connectivity index is 0.00000192. The Hall–Kier alpha value is -1.80. The molecule has 4 N–H and O–H groups in total. The molecule has 7 nitrogen and oxygen atoms in total. The highest BCUT2D eigenvalue weighted by molar-refractivity contribution is 9.09. The van der Waals surface area contributed by atoms with Crippen LogP contribution in [0.15, 0.2) is 24.3 Å². The molecule has 1 rings (SSSR count). The molecule has 1 aromatic rings. The lowest BCUT2D eigenvalue weighted by Crippen LogP contribution is -2.36. The predicted molar refractivity (Wildman–Crippen MR) is 124 cm³/mol. The van der Waals surface area contributed by atoms with E-state index in [1.807, 2.05) is 24.3 Å². The van der Waals surface area contributed by atoms with E-state index >= 15 is 0 Å². The lowest BCUT2D eigenvalue weighted by atomic mass is 10.1. The Morgan fingerprint density at radius 3 is 2.23 bits per heavy atom. The van der Waals surface area contributed by atoms with Gasteiger partial charge in [-0.2, -0.15) is 0 Å². The van der Waals surface area contributed by atoms with Gasteiger partial charge in [0.2, 0.25) is 0 Å². The van der Waals surface area contributed by atoms with E-state index in [0.717, 1.165) is 38.0 Å². The van der Waals surface area contributed by atoms with Crippen LogP contribution >= 0.6 is 15.9 Å². The molecule has 1 aromatic carbocycles. The maximum absolute atomic E-state index is 12.3. The maximum atomic E-state index is 12.3. The van der Waals surface area contributed by atoms with Crippen LogP contribution in [0, 0.1) is 0 Å². The smallest absolute Gasteiger partial charge is 0.489 e. The fraction of sp³-hybridized carbons (Fsp3) is 0.636. The van der Waals surface area contributed by atoms with E-state index in [-0.39, 0.29) is 17.6 Å². The summed E-state index contributed by atoms with van der Waals surface area (Å²) in [4.78, 5) is 21.2. The minimum Gasteiger partial charge on any atom is -0.489 e. The van der Waals surface area contributed by atoms with Crippen molar-refractivity contribution in [2.24, 2.45) is 0 Å². The van der Waals surface area contributed by atoms with Crippen LogP contribution in [0.3, 0.4) is 0 Å². The normalized spacial score (nSPS) is 12.9. The Labute approximate surface area is 188 Å². The maximum Gasteiger partial charge on any atom is 0.503 e. The van der Waals surface area contributed by atoms with Crippen molar-refractivity contribution in [3.8, 4) is 5.75 Å².